The molecule has 1 aliphatic heterocycles. The van der Waals surface area contributed by atoms with Crippen LogP contribution in [-0.4, -0.2) is 47.3 Å². The van der Waals surface area contributed by atoms with E-state index in [0.717, 1.165) is 11.1 Å². The Morgan fingerprint density at radius 2 is 1.44 bits per heavy atom. The molecule has 1 fully saturated rings. The van der Waals surface area contributed by atoms with Crippen molar-refractivity contribution in [2.24, 2.45) is 0 Å². The molecule has 1 atom stereocenters. The van der Waals surface area contributed by atoms with Crippen LogP contribution in [0.15, 0.2) is 48.5 Å². The van der Waals surface area contributed by atoms with E-state index in [4.69, 9.17) is 0 Å². The normalized spacial score (nSPS) is 17.5. The second kappa shape index (κ2) is 7.09. The van der Waals surface area contributed by atoms with E-state index in [9.17, 15) is 9.59 Å². The van der Waals surface area contributed by atoms with Gasteiger partial charge in [0.25, 0.3) is 11.8 Å². The highest BCUT2D eigenvalue weighted by molar-refractivity contribution is 5.96. The lowest BCUT2D eigenvalue weighted by Gasteiger charge is -2.40. The fraction of sp³-hybridized carbons (Fsp3) is 0.333. The predicted molar refractivity (Wildman–Crippen MR) is 98.8 cm³/mol. The standard InChI is InChI=1S/C21H24N2O2/c1-15-6-4-8-18(12-15)20(24)22-10-11-23(17(3)14-22)21(25)19-9-5-7-16(2)13-19/h4-9,12-13,17H,10-11,14H2,1-3H3/t17-/m1/s1. The summed E-state index contributed by atoms with van der Waals surface area (Å²) in [7, 11) is 0. The van der Waals surface area contributed by atoms with Gasteiger partial charge in [-0.1, -0.05) is 35.4 Å². The monoisotopic (exact) mass is 336 g/mol. The fourth-order valence-corrected chi connectivity index (χ4v) is 3.35. The van der Waals surface area contributed by atoms with Crippen molar-refractivity contribution < 1.29 is 9.59 Å². The van der Waals surface area contributed by atoms with Crippen molar-refractivity contribution in [3.63, 3.8) is 0 Å². The predicted octanol–water partition coefficient (Wildman–Crippen LogP) is 3.29. The van der Waals surface area contributed by atoms with E-state index >= 15 is 0 Å². The number of hydrogen-bond donors (Lipinski definition) is 0. The van der Waals surface area contributed by atoms with E-state index in [1.165, 1.54) is 0 Å². The molecule has 0 saturated carbocycles. The number of aryl methyl sites for hydroxylation is 2. The Morgan fingerprint density at radius 3 is 1.96 bits per heavy atom. The third kappa shape index (κ3) is 3.73. The molecule has 130 valence electrons. The van der Waals surface area contributed by atoms with Gasteiger partial charge in [0.2, 0.25) is 0 Å². The van der Waals surface area contributed by atoms with Gasteiger partial charge in [-0.05, 0) is 45.0 Å². The number of rotatable bonds is 2. The van der Waals surface area contributed by atoms with Crippen molar-refractivity contribution in [3.8, 4) is 0 Å². The van der Waals surface area contributed by atoms with Crippen LogP contribution in [0.3, 0.4) is 0 Å². The van der Waals surface area contributed by atoms with Crippen molar-refractivity contribution in [1.82, 2.24) is 9.80 Å². The molecule has 2 aromatic rings. The van der Waals surface area contributed by atoms with Gasteiger partial charge in [-0.25, -0.2) is 0 Å². The first-order valence-corrected chi connectivity index (χ1v) is 8.69. The minimum atomic E-state index is -0.00415. The molecule has 2 amide bonds. The van der Waals surface area contributed by atoms with Crippen LogP contribution in [0.5, 0.6) is 0 Å². The van der Waals surface area contributed by atoms with Crippen LogP contribution in [0.2, 0.25) is 0 Å². The highest BCUT2D eigenvalue weighted by Crippen LogP contribution is 2.17. The minimum absolute atomic E-state index is 0.00415. The van der Waals surface area contributed by atoms with Crippen LogP contribution in [0.25, 0.3) is 0 Å². The van der Waals surface area contributed by atoms with E-state index in [-0.39, 0.29) is 17.9 Å². The molecule has 0 N–H and O–H groups in total. The maximum absolute atomic E-state index is 12.8. The van der Waals surface area contributed by atoms with E-state index in [1.807, 2.05) is 79.1 Å². The zero-order valence-electron chi connectivity index (χ0n) is 15.0. The lowest BCUT2D eigenvalue weighted by Crippen LogP contribution is -2.55. The first-order valence-electron chi connectivity index (χ1n) is 8.69. The quantitative estimate of drug-likeness (QED) is 0.844. The molecular weight excluding hydrogens is 312 g/mol. The maximum Gasteiger partial charge on any atom is 0.254 e. The van der Waals surface area contributed by atoms with Crippen molar-refractivity contribution in [2.75, 3.05) is 19.6 Å². The van der Waals surface area contributed by atoms with Crippen LogP contribution in [0.1, 0.15) is 38.8 Å². The van der Waals surface area contributed by atoms with Crippen molar-refractivity contribution in [2.45, 2.75) is 26.8 Å². The van der Waals surface area contributed by atoms with Gasteiger partial charge in [0.05, 0.1) is 0 Å². The summed E-state index contributed by atoms with van der Waals surface area (Å²) >= 11 is 0. The molecule has 25 heavy (non-hydrogen) atoms. The van der Waals surface area contributed by atoms with Crippen LogP contribution < -0.4 is 0 Å². The summed E-state index contributed by atoms with van der Waals surface area (Å²) in [6.45, 7) is 7.66. The smallest absolute Gasteiger partial charge is 0.254 e. The summed E-state index contributed by atoms with van der Waals surface area (Å²) < 4.78 is 0. The first kappa shape index (κ1) is 17.2. The molecule has 0 spiro atoms. The topological polar surface area (TPSA) is 40.6 Å². The summed E-state index contributed by atoms with van der Waals surface area (Å²) in [6, 6.07) is 15.3. The van der Waals surface area contributed by atoms with Gasteiger partial charge < -0.3 is 9.80 Å². The van der Waals surface area contributed by atoms with Gasteiger partial charge in [0.1, 0.15) is 0 Å². The van der Waals surface area contributed by atoms with Gasteiger partial charge >= 0.3 is 0 Å². The number of benzene rings is 2. The largest absolute Gasteiger partial charge is 0.335 e. The van der Waals surface area contributed by atoms with Gasteiger partial charge in [-0.15, -0.1) is 0 Å². The average molecular weight is 336 g/mol. The highest BCUT2D eigenvalue weighted by Gasteiger charge is 2.30. The number of piperazine rings is 1. The second-order valence-electron chi connectivity index (χ2n) is 6.84. The summed E-state index contributed by atoms with van der Waals surface area (Å²) in [4.78, 5) is 29.2. The molecule has 1 aliphatic rings. The van der Waals surface area contributed by atoms with Crippen molar-refractivity contribution >= 4 is 11.8 Å². The second-order valence-corrected chi connectivity index (χ2v) is 6.84. The van der Waals surface area contributed by atoms with Crippen LogP contribution in [0.4, 0.5) is 0 Å². The first-order chi connectivity index (χ1) is 12.0. The zero-order chi connectivity index (χ0) is 18.0. The Morgan fingerprint density at radius 1 is 0.880 bits per heavy atom. The molecule has 0 unspecified atom stereocenters. The molecule has 0 aliphatic carbocycles. The molecule has 0 bridgehead atoms. The number of carbonyl (C=O) groups is 2. The molecule has 1 heterocycles. The number of nitrogens with zero attached hydrogens (tertiary/aromatic N) is 2. The number of hydrogen-bond acceptors (Lipinski definition) is 2. The van der Waals surface area contributed by atoms with Crippen molar-refractivity contribution in [1.29, 1.82) is 0 Å². The molecule has 1 saturated heterocycles. The lowest BCUT2D eigenvalue weighted by molar-refractivity contribution is 0.0414. The van der Waals surface area contributed by atoms with E-state index in [1.54, 1.807) is 0 Å². The highest BCUT2D eigenvalue weighted by atomic mass is 16.2. The zero-order valence-corrected chi connectivity index (χ0v) is 15.0. The fourth-order valence-electron chi connectivity index (χ4n) is 3.35. The third-order valence-electron chi connectivity index (χ3n) is 4.71. The Kier molecular flexibility index (Phi) is 4.88. The van der Waals surface area contributed by atoms with E-state index in [2.05, 4.69) is 0 Å². The van der Waals surface area contributed by atoms with Gasteiger partial charge in [0.15, 0.2) is 0 Å². The lowest BCUT2D eigenvalue weighted by atomic mass is 10.1. The Hall–Kier alpha value is -2.62. The summed E-state index contributed by atoms with van der Waals surface area (Å²) in [5, 5.41) is 0. The third-order valence-corrected chi connectivity index (χ3v) is 4.71. The van der Waals surface area contributed by atoms with Gasteiger partial charge in [-0.2, -0.15) is 0 Å². The number of carbonyl (C=O) groups excluding carboxylic acids is 2. The maximum atomic E-state index is 12.8. The van der Waals surface area contributed by atoms with E-state index in [0.29, 0.717) is 30.8 Å². The summed E-state index contributed by atoms with van der Waals surface area (Å²) in [5.74, 6) is 0.0806. The van der Waals surface area contributed by atoms with Gasteiger partial charge in [-0.3, -0.25) is 9.59 Å². The van der Waals surface area contributed by atoms with Crippen LogP contribution in [0, 0.1) is 13.8 Å². The molecule has 0 aromatic heterocycles. The van der Waals surface area contributed by atoms with Gasteiger partial charge in [0, 0.05) is 36.8 Å². The Bertz CT molecular complexity index is 800. The molecule has 4 nitrogen and oxygen atoms in total. The Balaban J connectivity index is 1.70. The average Bonchev–Trinajstić information content (AvgIpc) is 2.60. The molecule has 4 heteroatoms. The van der Waals surface area contributed by atoms with Crippen molar-refractivity contribution in [3.05, 3.63) is 70.8 Å². The van der Waals surface area contributed by atoms with Crippen LogP contribution >= 0.6 is 0 Å². The summed E-state index contributed by atoms with van der Waals surface area (Å²) in [6.07, 6.45) is 0. The van der Waals surface area contributed by atoms with Crippen LogP contribution in [-0.2, 0) is 0 Å². The molecular formula is C21H24N2O2. The molecule has 2 aromatic carbocycles. The minimum Gasteiger partial charge on any atom is -0.335 e. The molecule has 3 rings (SSSR count). The molecule has 0 radical (unpaired) electrons. The SMILES string of the molecule is Cc1cccc(C(=O)N2CCN(C(=O)c3cccc(C)c3)[C@H](C)C2)c1. The van der Waals surface area contributed by atoms with E-state index < -0.39 is 0 Å². The summed E-state index contributed by atoms with van der Waals surface area (Å²) in [5.41, 5.74) is 3.58. The number of amides is 2. The Labute approximate surface area is 149 Å².